The van der Waals surface area contributed by atoms with Crippen LogP contribution in [0.2, 0.25) is 0 Å². The highest BCUT2D eigenvalue weighted by atomic mass is 79.9. The quantitative estimate of drug-likeness (QED) is 0.808. The minimum atomic E-state index is 0.610. The van der Waals surface area contributed by atoms with Gasteiger partial charge in [-0.1, -0.05) is 6.08 Å². The first kappa shape index (κ1) is 10.9. The molecule has 1 N–H and O–H groups in total. The van der Waals surface area contributed by atoms with Crippen LogP contribution < -0.4 is 5.32 Å². The molecule has 0 saturated carbocycles. The van der Waals surface area contributed by atoms with Gasteiger partial charge in [0.15, 0.2) is 0 Å². The molecule has 2 heterocycles. The van der Waals surface area contributed by atoms with Crippen molar-refractivity contribution in [1.82, 2.24) is 10.3 Å². The van der Waals surface area contributed by atoms with Crippen LogP contribution in [0.15, 0.2) is 22.9 Å². The van der Waals surface area contributed by atoms with E-state index in [1.54, 1.807) is 0 Å². The maximum Gasteiger partial charge on any atom is 0.123 e. The number of pyridine rings is 1. The molecule has 17 heavy (non-hydrogen) atoms. The summed E-state index contributed by atoms with van der Waals surface area (Å²) in [6.45, 7) is 2.20. The van der Waals surface area contributed by atoms with Crippen molar-refractivity contribution >= 4 is 21.5 Å². The fraction of sp³-hybridized carbons (Fsp3) is 0.385. The summed E-state index contributed by atoms with van der Waals surface area (Å²) in [5.74, 6) is 1.40. The van der Waals surface area contributed by atoms with Crippen LogP contribution in [0.4, 0.5) is 0 Å². The Hall–Kier alpha value is -1.18. The van der Waals surface area contributed by atoms with E-state index in [0.717, 1.165) is 31.0 Å². The second kappa shape index (κ2) is 4.25. The van der Waals surface area contributed by atoms with Crippen molar-refractivity contribution in [2.75, 3.05) is 13.1 Å². The number of nitriles is 1. The minimum Gasteiger partial charge on any atom is -0.316 e. The average Bonchev–Trinajstić information content (AvgIpc) is 2.90. The van der Waals surface area contributed by atoms with Crippen LogP contribution in [0.3, 0.4) is 0 Å². The summed E-state index contributed by atoms with van der Waals surface area (Å²) in [5, 5.41) is 12.4. The van der Waals surface area contributed by atoms with Crippen LogP contribution in [0.5, 0.6) is 0 Å². The zero-order valence-corrected chi connectivity index (χ0v) is 10.9. The van der Waals surface area contributed by atoms with Gasteiger partial charge in [-0.2, -0.15) is 5.26 Å². The minimum absolute atomic E-state index is 0.610. The largest absolute Gasteiger partial charge is 0.316 e. The van der Waals surface area contributed by atoms with Gasteiger partial charge in [0.1, 0.15) is 10.7 Å². The number of allylic oxidation sites excluding steroid dienone is 1. The molecule has 0 aromatic carbocycles. The fourth-order valence-corrected chi connectivity index (χ4v) is 3.00. The Balaban J connectivity index is 1.93. The molecule has 1 aromatic rings. The van der Waals surface area contributed by atoms with E-state index >= 15 is 0 Å². The van der Waals surface area contributed by atoms with Crippen molar-refractivity contribution < 1.29 is 0 Å². The van der Waals surface area contributed by atoms with E-state index in [4.69, 9.17) is 5.26 Å². The normalized spacial score (nSPS) is 26.5. The molecule has 3 rings (SSSR count). The molecule has 1 aliphatic heterocycles. The Bertz CT molecular complexity index is 530. The van der Waals surface area contributed by atoms with E-state index in [0.29, 0.717) is 16.1 Å². The van der Waals surface area contributed by atoms with Gasteiger partial charge in [-0.3, -0.25) is 0 Å². The van der Waals surface area contributed by atoms with Gasteiger partial charge in [-0.15, -0.1) is 0 Å². The van der Waals surface area contributed by atoms with Crippen molar-refractivity contribution in [2.24, 2.45) is 11.8 Å². The maximum atomic E-state index is 9.00. The van der Waals surface area contributed by atoms with Gasteiger partial charge < -0.3 is 5.32 Å². The maximum absolute atomic E-state index is 9.00. The van der Waals surface area contributed by atoms with Crippen molar-refractivity contribution in [3.8, 4) is 6.07 Å². The zero-order chi connectivity index (χ0) is 11.8. The van der Waals surface area contributed by atoms with Gasteiger partial charge in [-0.25, -0.2) is 4.98 Å². The summed E-state index contributed by atoms with van der Waals surface area (Å²) in [4.78, 5) is 4.23. The summed E-state index contributed by atoms with van der Waals surface area (Å²) < 4.78 is 0.629. The molecular formula is C13H12BrN3. The Labute approximate surface area is 109 Å². The predicted molar refractivity (Wildman–Crippen MR) is 69.1 cm³/mol. The molecule has 0 unspecified atom stereocenters. The summed E-state index contributed by atoms with van der Waals surface area (Å²) in [6, 6.07) is 4.09. The van der Waals surface area contributed by atoms with Gasteiger partial charge >= 0.3 is 0 Å². The van der Waals surface area contributed by atoms with E-state index in [1.165, 1.54) is 5.57 Å². The number of rotatable bonds is 1. The van der Waals surface area contributed by atoms with E-state index in [-0.39, 0.29) is 0 Å². The van der Waals surface area contributed by atoms with Crippen LogP contribution in [0.25, 0.3) is 5.57 Å². The number of nitrogens with one attached hydrogen (secondary N) is 1. The lowest BCUT2D eigenvalue weighted by molar-refractivity contribution is 0.536. The van der Waals surface area contributed by atoms with Gasteiger partial charge in [0, 0.05) is 12.7 Å². The molecule has 0 amide bonds. The number of hydrogen-bond acceptors (Lipinski definition) is 3. The predicted octanol–water partition coefficient (Wildman–Crippen LogP) is 2.34. The molecule has 0 spiro atoms. The topological polar surface area (TPSA) is 48.7 Å². The van der Waals surface area contributed by atoms with Gasteiger partial charge in [0.25, 0.3) is 0 Å². The molecule has 2 aliphatic rings. The lowest BCUT2D eigenvalue weighted by Gasteiger charge is -2.07. The summed E-state index contributed by atoms with van der Waals surface area (Å²) >= 11 is 3.28. The Morgan fingerprint density at radius 1 is 1.47 bits per heavy atom. The van der Waals surface area contributed by atoms with Crippen molar-refractivity contribution in [1.29, 1.82) is 5.26 Å². The molecule has 3 nitrogen and oxygen atoms in total. The van der Waals surface area contributed by atoms with E-state index < -0.39 is 0 Å². The van der Waals surface area contributed by atoms with Crippen LogP contribution in [-0.4, -0.2) is 18.1 Å². The van der Waals surface area contributed by atoms with E-state index in [2.05, 4.69) is 38.4 Å². The van der Waals surface area contributed by atoms with Gasteiger partial charge in [-0.05, 0) is 57.9 Å². The second-order valence-electron chi connectivity index (χ2n) is 4.65. The third kappa shape index (κ3) is 1.90. The zero-order valence-electron chi connectivity index (χ0n) is 9.28. The van der Waals surface area contributed by atoms with Crippen molar-refractivity contribution in [2.45, 2.75) is 6.42 Å². The molecule has 1 saturated heterocycles. The molecule has 1 aromatic heterocycles. The van der Waals surface area contributed by atoms with Crippen LogP contribution in [0.1, 0.15) is 17.5 Å². The van der Waals surface area contributed by atoms with Crippen LogP contribution >= 0.6 is 15.9 Å². The Morgan fingerprint density at radius 2 is 2.35 bits per heavy atom. The molecule has 2 atom stereocenters. The van der Waals surface area contributed by atoms with E-state index in [9.17, 15) is 0 Å². The lowest BCUT2D eigenvalue weighted by atomic mass is 9.98. The number of aromatic nitrogens is 1. The lowest BCUT2D eigenvalue weighted by Crippen LogP contribution is -2.09. The molecule has 0 radical (unpaired) electrons. The molecule has 86 valence electrons. The molecule has 4 heteroatoms. The van der Waals surface area contributed by atoms with Crippen molar-refractivity contribution in [3.05, 3.63) is 34.1 Å². The van der Waals surface area contributed by atoms with Crippen LogP contribution in [0, 0.1) is 23.2 Å². The Kier molecular flexibility index (Phi) is 2.73. The van der Waals surface area contributed by atoms with Gasteiger partial charge in [0.05, 0.1) is 5.56 Å². The third-order valence-electron chi connectivity index (χ3n) is 3.62. The third-order valence-corrected chi connectivity index (χ3v) is 4.25. The number of hydrogen-bond donors (Lipinski definition) is 1. The smallest absolute Gasteiger partial charge is 0.123 e. The first-order valence-corrected chi connectivity index (χ1v) is 6.54. The number of halogens is 1. The summed E-state index contributed by atoms with van der Waals surface area (Å²) in [5.41, 5.74) is 3.05. The molecule has 1 fully saturated rings. The van der Waals surface area contributed by atoms with E-state index in [1.807, 2.05) is 12.3 Å². The summed E-state index contributed by atoms with van der Waals surface area (Å²) in [7, 11) is 0. The first-order valence-electron chi connectivity index (χ1n) is 5.75. The monoisotopic (exact) mass is 289 g/mol. The molecule has 1 aliphatic carbocycles. The highest BCUT2D eigenvalue weighted by Gasteiger charge is 2.31. The second-order valence-corrected chi connectivity index (χ2v) is 5.40. The number of nitrogens with zero attached hydrogens (tertiary/aromatic N) is 2. The van der Waals surface area contributed by atoms with Crippen LogP contribution in [-0.2, 0) is 0 Å². The highest BCUT2D eigenvalue weighted by molar-refractivity contribution is 9.10. The first-order chi connectivity index (χ1) is 8.28. The highest BCUT2D eigenvalue weighted by Crippen LogP contribution is 2.38. The SMILES string of the molecule is N#Cc1cc(C2=C[C@H]3CNC[C@H]3C2)cnc1Br. The Morgan fingerprint density at radius 3 is 3.12 bits per heavy atom. The average molecular weight is 290 g/mol. The molecule has 0 bridgehead atoms. The fourth-order valence-electron chi connectivity index (χ4n) is 2.70. The number of fused-ring (bicyclic) bond motifs is 1. The van der Waals surface area contributed by atoms with Gasteiger partial charge in [0.2, 0.25) is 0 Å². The summed E-state index contributed by atoms with van der Waals surface area (Å²) in [6.07, 6.45) is 5.30. The van der Waals surface area contributed by atoms with Crippen molar-refractivity contribution in [3.63, 3.8) is 0 Å². The molecular weight excluding hydrogens is 278 g/mol. The standard InChI is InChI=1S/C13H12BrN3/c14-13-9(4-15)3-12(7-17-13)8-1-10-5-16-6-11(10)2-8/h1,3,7,10-11,16H,2,5-6H2/t10-,11+/m0/s1.